The molecule has 1 aromatic rings. The number of aliphatic carboxylic acids is 1. The number of carboxylic acids is 1. The second-order valence-electron chi connectivity index (χ2n) is 3.46. The van der Waals surface area contributed by atoms with Gasteiger partial charge in [0.05, 0.1) is 5.69 Å². The third kappa shape index (κ3) is 2.96. The van der Waals surface area contributed by atoms with Crippen LogP contribution in [0.25, 0.3) is 0 Å². The van der Waals surface area contributed by atoms with Crippen molar-refractivity contribution in [2.24, 2.45) is 0 Å². The molecule has 6 heteroatoms. The van der Waals surface area contributed by atoms with Crippen molar-refractivity contribution in [2.75, 3.05) is 17.1 Å². The lowest BCUT2D eigenvalue weighted by Crippen LogP contribution is -2.32. The zero-order valence-electron chi connectivity index (χ0n) is 9.04. The van der Waals surface area contributed by atoms with Gasteiger partial charge in [0.15, 0.2) is 5.75 Å². The van der Waals surface area contributed by atoms with E-state index in [0.717, 1.165) is 9.87 Å². The van der Waals surface area contributed by atoms with Crippen LogP contribution in [0, 0.1) is 6.92 Å². The van der Waals surface area contributed by atoms with E-state index in [0.29, 0.717) is 5.69 Å². The van der Waals surface area contributed by atoms with E-state index in [9.17, 15) is 13.2 Å². The molecule has 0 heterocycles. The molecular weight excluding hydrogens is 230 g/mol. The largest absolute Gasteiger partial charge is 0.480 e. The molecule has 0 saturated heterocycles. The number of sulfonamides is 1. The summed E-state index contributed by atoms with van der Waals surface area (Å²) in [5.41, 5.74) is 1.37. The van der Waals surface area contributed by atoms with Crippen LogP contribution in [0.3, 0.4) is 0 Å². The summed E-state index contributed by atoms with van der Waals surface area (Å²) in [7, 11) is -2.46. The highest BCUT2D eigenvalue weighted by molar-refractivity contribution is 7.93. The molecule has 88 valence electrons. The molecule has 0 aromatic heterocycles. The number of rotatable bonds is 4. The number of benzene rings is 1. The predicted molar refractivity (Wildman–Crippen MR) is 61.0 cm³/mol. The van der Waals surface area contributed by atoms with Crippen molar-refractivity contribution >= 4 is 21.7 Å². The molecule has 0 radical (unpaired) electrons. The minimum Gasteiger partial charge on any atom is -0.480 e. The van der Waals surface area contributed by atoms with Crippen molar-refractivity contribution in [3.05, 3.63) is 29.8 Å². The summed E-state index contributed by atoms with van der Waals surface area (Å²) in [6.07, 6.45) is 0. The molecule has 1 N–H and O–H groups in total. The Bertz CT molecular complexity index is 495. The smallest absolute Gasteiger partial charge is 0.320 e. The van der Waals surface area contributed by atoms with E-state index in [1.54, 1.807) is 18.2 Å². The predicted octanol–water partition coefficient (Wildman–Crippen LogP) is 0.846. The Kier molecular flexibility index (Phi) is 3.54. The van der Waals surface area contributed by atoms with Crippen LogP contribution in [0.5, 0.6) is 0 Å². The van der Waals surface area contributed by atoms with Gasteiger partial charge in [0.2, 0.25) is 10.0 Å². The molecule has 0 saturated carbocycles. The van der Waals surface area contributed by atoms with E-state index in [-0.39, 0.29) is 0 Å². The van der Waals surface area contributed by atoms with Gasteiger partial charge in [-0.1, -0.05) is 12.1 Å². The van der Waals surface area contributed by atoms with E-state index < -0.39 is 21.7 Å². The number of hydrogen-bond donors (Lipinski definition) is 1. The average molecular weight is 243 g/mol. The average Bonchev–Trinajstić information content (AvgIpc) is 2.14. The lowest BCUT2D eigenvalue weighted by atomic mass is 10.2. The molecule has 5 nitrogen and oxygen atoms in total. The number of hydrogen-bond acceptors (Lipinski definition) is 3. The quantitative estimate of drug-likeness (QED) is 0.850. The minimum atomic E-state index is -3.80. The first-order valence-electron chi connectivity index (χ1n) is 4.58. The standard InChI is InChI=1S/C10H13NO4S/c1-8-4-3-5-9(6-8)11(2)16(14,15)7-10(12)13/h3-6H,7H2,1-2H3,(H,12,13). The van der Waals surface area contributed by atoms with Crippen LogP contribution < -0.4 is 4.31 Å². The molecule has 0 fully saturated rings. The zero-order valence-corrected chi connectivity index (χ0v) is 9.86. The fraction of sp³-hybridized carbons (Fsp3) is 0.300. The summed E-state index contributed by atoms with van der Waals surface area (Å²) in [4.78, 5) is 10.4. The molecule has 0 amide bonds. The van der Waals surface area contributed by atoms with Gasteiger partial charge in [-0.25, -0.2) is 8.42 Å². The minimum absolute atomic E-state index is 0.459. The van der Waals surface area contributed by atoms with Crippen LogP contribution in [0.4, 0.5) is 5.69 Å². The molecule has 1 rings (SSSR count). The molecule has 16 heavy (non-hydrogen) atoms. The Hall–Kier alpha value is -1.56. The molecule has 0 bridgehead atoms. The first-order chi connectivity index (χ1) is 7.33. The van der Waals surface area contributed by atoms with E-state index in [2.05, 4.69) is 0 Å². The molecular formula is C10H13NO4S. The number of anilines is 1. The Morgan fingerprint density at radius 2 is 2.06 bits per heavy atom. The van der Waals surface area contributed by atoms with Crippen molar-refractivity contribution in [1.29, 1.82) is 0 Å². The normalized spacial score (nSPS) is 11.1. The van der Waals surface area contributed by atoms with Crippen LogP contribution >= 0.6 is 0 Å². The first kappa shape index (κ1) is 12.5. The van der Waals surface area contributed by atoms with Crippen molar-refractivity contribution in [1.82, 2.24) is 0 Å². The molecule has 0 aliphatic carbocycles. The molecule has 0 aliphatic heterocycles. The number of aryl methyl sites for hydroxylation is 1. The third-order valence-corrected chi connectivity index (χ3v) is 3.75. The monoisotopic (exact) mass is 243 g/mol. The van der Waals surface area contributed by atoms with Gasteiger partial charge in [0.1, 0.15) is 0 Å². The van der Waals surface area contributed by atoms with Crippen molar-refractivity contribution in [2.45, 2.75) is 6.92 Å². The van der Waals surface area contributed by atoms with E-state index in [1.807, 2.05) is 13.0 Å². The summed E-state index contributed by atoms with van der Waals surface area (Å²) >= 11 is 0. The van der Waals surface area contributed by atoms with Gasteiger partial charge < -0.3 is 5.11 Å². The van der Waals surface area contributed by atoms with E-state index >= 15 is 0 Å². The van der Waals surface area contributed by atoms with E-state index in [4.69, 9.17) is 5.11 Å². The van der Waals surface area contributed by atoms with Gasteiger partial charge in [0, 0.05) is 7.05 Å². The van der Waals surface area contributed by atoms with Crippen molar-refractivity contribution in [3.8, 4) is 0 Å². The maximum atomic E-state index is 11.6. The van der Waals surface area contributed by atoms with Gasteiger partial charge in [-0.3, -0.25) is 9.10 Å². The zero-order chi connectivity index (χ0) is 12.3. The van der Waals surface area contributed by atoms with Crippen LogP contribution in [0.1, 0.15) is 5.56 Å². The van der Waals surface area contributed by atoms with Crippen molar-refractivity contribution in [3.63, 3.8) is 0 Å². The summed E-state index contributed by atoms with van der Waals surface area (Å²) in [6, 6.07) is 6.85. The maximum absolute atomic E-state index is 11.6. The number of carboxylic acid groups (broad SMARTS) is 1. The summed E-state index contributed by atoms with van der Waals surface area (Å²) < 4.78 is 24.2. The van der Waals surface area contributed by atoms with Crippen molar-refractivity contribution < 1.29 is 18.3 Å². The van der Waals surface area contributed by atoms with Crippen LogP contribution in [-0.4, -0.2) is 32.3 Å². The van der Waals surface area contributed by atoms with Crippen LogP contribution in [0.15, 0.2) is 24.3 Å². The van der Waals surface area contributed by atoms with Gasteiger partial charge in [-0.15, -0.1) is 0 Å². The van der Waals surface area contributed by atoms with Gasteiger partial charge in [-0.2, -0.15) is 0 Å². The Labute approximate surface area is 94.4 Å². The van der Waals surface area contributed by atoms with Gasteiger partial charge in [0.25, 0.3) is 0 Å². The Morgan fingerprint density at radius 1 is 1.44 bits per heavy atom. The summed E-state index contributed by atoms with van der Waals surface area (Å²) in [5.74, 6) is -2.27. The fourth-order valence-electron chi connectivity index (χ4n) is 1.24. The lowest BCUT2D eigenvalue weighted by Gasteiger charge is -2.18. The molecule has 0 spiro atoms. The van der Waals surface area contributed by atoms with Gasteiger partial charge in [-0.05, 0) is 24.6 Å². The van der Waals surface area contributed by atoms with E-state index in [1.165, 1.54) is 7.05 Å². The van der Waals surface area contributed by atoms with Gasteiger partial charge >= 0.3 is 5.97 Å². The second kappa shape index (κ2) is 4.52. The SMILES string of the molecule is Cc1cccc(N(C)S(=O)(=O)CC(=O)O)c1. The third-order valence-electron chi connectivity index (χ3n) is 2.09. The summed E-state index contributed by atoms with van der Waals surface area (Å²) in [6.45, 7) is 1.83. The lowest BCUT2D eigenvalue weighted by molar-refractivity contribution is -0.134. The first-order valence-corrected chi connectivity index (χ1v) is 6.19. The number of nitrogens with zero attached hydrogens (tertiary/aromatic N) is 1. The van der Waals surface area contributed by atoms with Crippen LogP contribution in [-0.2, 0) is 14.8 Å². The maximum Gasteiger partial charge on any atom is 0.320 e. The molecule has 0 atom stereocenters. The highest BCUT2D eigenvalue weighted by Crippen LogP contribution is 2.17. The number of carbonyl (C=O) groups is 1. The molecule has 0 unspecified atom stereocenters. The van der Waals surface area contributed by atoms with Crippen LogP contribution in [0.2, 0.25) is 0 Å². The fourth-order valence-corrected chi connectivity index (χ4v) is 2.18. The molecule has 0 aliphatic rings. The Morgan fingerprint density at radius 3 is 2.56 bits per heavy atom. The highest BCUT2D eigenvalue weighted by Gasteiger charge is 2.21. The molecule has 1 aromatic carbocycles. The second-order valence-corrected chi connectivity index (χ2v) is 5.46. The highest BCUT2D eigenvalue weighted by atomic mass is 32.2. The Balaban J connectivity index is 3.02. The topological polar surface area (TPSA) is 74.7 Å². The summed E-state index contributed by atoms with van der Waals surface area (Å²) in [5, 5.41) is 8.49.